The molecule has 3 heteroatoms. The molecule has 1 amide bonds. The van der Waals surface area contributed by atoms with E-state index in [4.69, 9.17) is 11.6 Å². The second kappa shape index (κ2) is 8.11. The minimum atomic E-state index is 0.0624. The van der Waals surface area contributed by atoms with Gasteiger partial charge in [0.05, 0.1) is 0 Å². The fourth-order valence-corrected chi connectivity index (χ4v) is 2.22. The highest BCUT2D eigenvalue weighted by molar-refractivity contribution is 6.30. The van der Waals surface area contributed by atoms with Gasteiger partial charge < -0.3 is 4.90 Å². The molecular weight excluding hydrogens is 270 g/mol. The van der Waals surface area contributed by atoms with Gasteiger partial charge in [-0.3, -0.25) is 4.79 Å². The first-order chi connectivity index (χ1) is 9.38. The molecule has 0 aliphatic heterocycles. The van der Waals surface area contributed by atoms with Crippen LogP contribution in [-0.2, 0) is 4.79 Å². The van der Waals surface area contributed by atoms with Crippen LogP contribution in [-0.4, -0.2) is 23.9 Å². The zero-order valence-electron chi connectivity index (χ0n) is 12.8. The van der Waals surface area contributed by atoms with Gasteiger partial charge in [0.25, 0.3) is 0 Å². The van der Waals surface area contributed by atoms with Gasteiger partial charge in [0.1, 0.15) is 0 Å². The molecule has 0 saturated carbocycles. The van der Waals surface area contributed by atoms with E-state index in [0.29, 0.717) is 16.9 Å². The summed E-state index contributed by atoms with van der Waals surface area (Å²) in [6.45, 7) is 10.1. The highest BCUT2D eigenvalue weighted by atomic mass is 35.5. The van der Waals surface area contributed by atoms with Crippen LogP contribution in [0, 0.1) is 11.8 Å². The molecule has 0 aromatic heterocycles. The van der Waals surface area contributed by atoms with Gasteiger partial charge in [-0.25, -0.2) is 0 Å². The van der Waals surface area contributed by atoms with Crippen molar-refractivity contribution < 1.29 is 4.79 Å². The third-order valence-corrected chi connectivity index (χ3v) is 2.98. The fourth-order valence-electron chi connectivity index (χ4n) is 2.02. The number of hydrogen-bond acceptors (Lipinski definition) is 1. The van der Waals surface area contributed by atoms with Crippen molar-refractivity contribution in [3.8, 4) is 0 Å². The average molecular weight is 294 g/mol. The predicted octanol–water partition coefficient (Wildman–Crippen LogP) is 4.49. The quantitative estimate of drug-likeness (QED) is 0.708. The molecule has 0 fully saturated rings. The van der Waals surface area contributed by atoms with Gasteiger partial charge in [0.15, 0.2) is 0 Å². The topological polar surface area (TPSA) is 20.3 Å². The summed E-state index contributed by atoms with van der Waals surface area (Å²) in [7, 11) is 0. The van der Waals surface area contributed by atoms with Gasteiger partial charge >= 0.3 is 0 Å². The SMILES string of the molecule is CC(C)CN(CC(C)C)C(=O)/C=C\c1cccc(Cl)c1. The summed E-state index contributed by atoms with van der Waals surface area (Å²) < 4.78 is 0. The minimum Gasteiger partial charge on any atom is -0.339 e. The second-order valence-electron chi connectivity index (χ2n) is 5.92. The third kappa shape index (κ3) is 6.25. The number of halogens is 1. The molecule has 0 radical (unpaired) electrons. The van der Waals surface area contributed by atoms with Gasteiger partial charge in [-0.15, -0.1) is 0 Å². The Hall–Kier alpha value is -1.28. The number of hydrogen-bond donors (Lipinski definition) is 0. The number of carbonyl (C=O) groups excluding carboxylic acids is 1. The van der Waals surface area contributed by atoms with Crippen molar-refractivity contribution in [1.82, 2.24) is 4.90 Å². The Labute approximate surface area is 127 Å². The van der Waals surface area contributed by atoms with Crippen molar-refractivity contribution in [2.24, 2.45) is 11.8 Å². The van der Waals surface area contributed by atoms with Gasteiger partial charge in [0, 0.05) is 24.2 Å². The Morgan fingerprint density at radius 2 is 1.80 bits per heavy atom. The highest BCUT2D eigenvalue weighted by Crippen LogP contribution is 2.12. The van der Waals surface area contributed by atoms with Gasteiger partial charge in [0.2, 0.25) is 5.91 Å². The molecular formula is C17H24ClNO. The zero-order valence-corrected chi connectivity index (χ0v) is 13.5. The molecule has 20 heavy (non-hydrogen) atoms. The van der Waals surface area contributed by atoms with Crippen LogP contribution in [0.15, 0.2) is 30.3 Å². The molecule has 1 aromatic carbocycles. The number of carbonyl (C=O) groups is 1. The molecule has 110 valence electrons. The van der Waals surface area contributed by atoms with Crippen molar-refractivity contribution in [3.05, 3.63) is 40.9 Å². The van der Waals surface area contributed by atoms with E-state index in [1.807, 2.05) is 35.2 Å². The maximum Gasteiger partial charge on any atom is 0.246 e. The van der Waals surface area contributed by atoms with Gasteiger partial charge in [-0.05, 0) is 35.6 Å². The first kappa shape index (κ1) is 16.8. The van der Waals surface area contributed by atoms with Crippen LogP contribution in [0.3, 0.4) is 0 Å². The standard InChI is InChI=1S/C17H24ClNO/c1-13(2)11-19(12-14(3)4)17(20)9-8-15-6-5-7-16(18)10-15/h5-10,13-14H,11-12H2,1-4H3/b9-8-. The van der Waals surface area contributed by atoms with Crippen LogP contribution in [0.4, 0.5) is 0 Å². The van der Waals surface area contributed by atoms with Crippen molar-refractivity contribution in [2.45, 2.75) is 27.7 Å². The Morgan fingerprint density at radius 1 is 1.20 bits per heavy atom. The Kier molecular flexibility index (Phi) is 6.80. The summed E-state index contributed by atoms with van der Waals surface area (Å²) in [5, 5.41) is 0.681. The summed E-state index contributed by atoms with van der Waals surface area (Å²) in [5.74, 6) is 1.00. The minimum absolute atomic E-state index is 0.0624. The molecule has 0 spiro atoms. The van der Waals surface area contributed by atoms with Crippen LogP contribution in [0.5, 0.6) is 0 Å². The molecule has 0 unspecified atom stereocenters. The molecule has 0 saturated heterocycles. The monoisotopic (exact) mass is 293 g/mol. The van der Waals surface area contributed by atoms with Crippen LogP contribution in [0.1, 0.15) is 33.3 Å². The van der Waals surface area contributed by atoms with Crippen LogP contribution in [0.2, 0.25) is 5.02 Å². The molecule has 2 nitrogen and oxygen atoms in total. The van der Waals surface area contributed by atoms with Gasteiger partial charge in [-0.2, -0.15) is 0 Å². The predicted molar refractivity (Wildman–Crippen MR) is 86.7 cm³/mol. The third-order valence-electron chi connectivity index (χ3n) is 2.75. The van der Waals surface area contributed by atoms with Crippen molar-refractivity contribution in [1.29, 1.82) is 0 Å². The molecule has 1 aromatic rings. The van der Waals surface area contributed by atoms with E-state index in [1.54, 1.807) is 6.08 Å². The molecule has 0 bridgehead atoms. The second-order valence-corrected chi connectivity index (χ2v) is 6.36. The van der Waals surface area contributed by atoms with Gasteiger partial charge in [-0.1, -0.05) is 51.4 Å². The van der Waals surface area contributed by atoms with E-state index in [-0.39, 0.29) is 5.91 Å². The Bertz CT molecular complexity index is 456. The summed E-state index contributed by atoms with van der Waals surface area (Å²) in [6, 6.07) is 7.49. The van der Waals surface area contributed by atoms with Crippen LogP contribution >= 0.6 is 11.6 Å². The van der Waals surface area contributed by atoms with Crippen LogP contribution < -0.4 is 0 Å². The molecule has 0 heterocycles. The largest absolute Gasteiger partial charge is 0.339 e. The first-order valence-corrected chi connectivity index (χ1v) is 7.49. The fraction of sp³-hybridized carbons (Fsp3) is 0.471. The maximum atomic E-state index is 12.3. The molecule has 0 atom stereocenters. The number of nitrogens with zero attached hydrogens (tertiary/aromatic N) is 1. The molecule has 0 N–H and O–H groups in total. The smallest absolute Gasteiger partial charge is 0.246 e. The summed E-state index contributed by atoms with van der Waals surface area (Å²) in [4.78, 5) is 14.2. The molecule has 0 aliphatic carbocycles. The maximum absolute atomic E-state index is 12.3. The van der Waals surface area contributed by atoms with E-state index in [1.165, 1.54) is 0 Å². The lowest BCUT2D eigenvalue weighted by Crippen LogP contribution is -2.35. The Morgan fingerprint density at radius 3 is 2.30 bits per heavy atom. The summed E-state index contributed by atoms with van der Waals surface area (Å²) in [5.41, 5.74) is 0.944. The number of amides is 1. The lowest BCUT2D eigenvalue weighted by molar-refractivity contribution is -0.127. The van der Waals surface area contributed by atoms with E-state index in [0.717, 1.165) is 18.7 Å². The summed E-state index contributed by atoms with van der Waals surface area (Å²) in [6.07, 6.45) is 3.46. The van der Waals surface area contributed by atoms with E-state index < -0.39 is 0 Å². The first-order valence-electron chi connectivity index (χ1n) is 7.11. The van der Waals surface area contributed by atoms with E-state index in [9.17, 15) is 4.79 Å². The summed E-state index contributed by atoms with van der Waals surface area (Å²) >= 11 is 5.93. The average Bonchev–Trinajstić information content (AvgIpc) is 2.34. The van der Waals surface area contributed by atoms with Crippen molar-refractivity contribution in [3.63, 3.8) is 0 Å². The van der Waals surface area contributed by atoms with Crippen molar-refractivity contribution in [2.75, 3.05) is 13.1 Å². The Balaban J connectivity index is 2.74. The lowest BCUT2D eigenvalue weighted by atomic mass is 10.1. The highest BCUT2D eigenvalue weighted by Gasteiger charge is 2.13. The normalized spacial score (nSPS) is 11.6. The molecule has 0 aliphatic rings. The van der Waals surface area contributed by atoms with Crippen molar-refractivity contribution >= 4 is 23.6 Å². The van der Waals surface area contributed by atoms with Crippen LogP contribution in [0.25, 0.3) is 6.08 Å². The zero-order chi connectivity index (χ0) is 15.1. The molecule has 1 rings (SSSR count). The number of benzene rings is 1. The van der Waals surface area contributed by atoms with E-state index in [2.05, 4.69) is 27.7 Å². The number of rotatable bonds is 6. The van der Waals surface area contributed by atoms with E-state index >= 15 is 0 Å². The lowest BCUT2D eigenvalue weighted by Gasteiger charge is -2.25.